The van der Waals surface area contributed by atoms with Crippen LogP contribution in [0.15, 0.2) is 59.3 Å². The Hall–Kier alpha value is -3.39. The van der Waals surface area contributed by atoms with Crippen LogP contribution in [0.3, 0.4) is 0 Å². The van der Waals surface area contributed by atoms with E-state index in [9.17, 15) is 4.79 Å². The lowest BCUT2D eigenvalue weighted by atomic mass is 10.2. The molecule has 0 aliphatic carbocycles. The van der Waals surface area contributed by atoms with Crippen molar-refractivity contribution in [2.75, 3.05) is 24.9 Å². The summed E-state index contributed by atoms with van der Waals surface area (Å²) in [5.74, 6) is 1.65. The highest BCUT2D eigenvalue weighted by Crippen LogP contribution is 2.36. The molecule has 3 rings (SSSR count). The van der Waals surface area contributed by atoms with Crippen molar-refractivity contribution in [3.8, 4) is 11.5 Å². The molecule has 0 aliphatic rings. The minimum atomic E-state index is -0.243. The first kappa shape index (κ1) is 21.3. The number of benzene rings is 2. The Balaban J connectivity index is 1.63. The van der Waals surface area contributed by atoms with Crippen molar-refractivity contribution in [1.82, 2.24) is 9.97 Å². The minimum Gasteiger partial charge on any atom is -0.493 e. The van der Waals surface area contributed by atoms with Gasteiger partial charge < -0.3 is 20.1 Å². The lowest BCUT2D eigenvalue weighted by Gasteiger charge is -2.10. The summed E-state index contributed by atoms with van der Waals surface area (Å²) in [5.41, 5.74) is 3.22. The standard InChI is InChI=1S/C22H21BrN4O3/c1-14-10-20(25-13-24-14)26-16-5-7-17(8-6-16)27-21(28)9-4-15-11-18(23)22(30-3)19(12-15)29-2/h4-13H,1-3H3,(H,27,28)(H,24,25,26)/b9-4+. The molecule has 1 heterocycles. The topological polar surface area (TPSA) is 85.4 Å². The minimum absolute atomic E-state index is 0.243. The maximum Gasteiger partial charge on any atom is 0.248 e. The zero-order chi connectivity index (χ0) is 21.5. The number of rotatable bonds is 7. The predicted molar refractivity (Wildman–Crippen MR) is 121 cm³/mol. The Morgan fingerprint density at radius 2 is 1.77 bits per heavy atom. The van der Waals surface area contributed by atoms with Crippen LogP contribution in [0, 0.1) is 6.92 Å². The molecule has 0 bridgehead atoms. The van der Waals surface area contributed by atoms with E-state index in [1.807, 2.05) is 43.3 Å². The van der Waals surface area contributed by atoms with Crippen molar-refractivity contribution in [2.45, 2.75) is 6.92 Å². The number of anilines is 3. The van der Waals surface area contributed by atoms with Crippen LogP contribution < -0.4 is 20.1 Å². The van der Waals surface area contributed by atoms with Gasteiger partial charge in [0.2, 0.25) is 5.91 Å². The summed E-state index contributed by atoms with van der Waals surface area (Å²) in [6.07, 6.45) is 4.68. The molecule has 8 heteroatoms. The van der Waals surface area contributed by atoms with Crippen LogP contribution in [0.1, 0.15) is 11.3 Å². The van der Waals surface area contributed by atoms with E-state index in [0.717, 1.165) is 21.4 Å². The molecule has 0 atom stereocenters. The van der Waals surface area contributed by atoms with Crippen LogP contribution in [-0.2, 0) is 4.79 Å². The summed E-state index contributed by atoms with van der Waals surface area (Å²) in [5, 5.41) is 6.02. The molecule has 0 spiro atoms. The van der Waals surface area contributed by atoms with E-state index < -0.39 is 0 Å². The molecule has 0 radical (unpaired) electrons. The van der Waals surface area contributed by atoms with E-state index in [4.69, 9.17) is 9.47 Å². The number of methoxy groups -OCH3 is 2. The number of hydrogen-bond acceptors (Lipinski definition) is 6. The van der Waals surface area contributed by atoms with Crippen molar-refractivity contribution >= 4 is 45.1 Å². The third-order valence-electron chi connectivity index (χ3n) is 4.11. The second-order valence-electron chi connectivity index (χ2n) is 6.31. The lowest BCUT2D eigenvalue weighted by Crippen LogP contribution is -2.07. The first-order valence-corrected chi connectivity index (χ1v) is 9.84. The molecule has 0 saturated carbocycles. The summed E-state index contributed by atoms with van der Waals surface area (Å²) in [6.45, 7) is 1.90. The summed E-state index contributed by atoms with van der Waals surface area (Å²) in [4.78, 5) is 20.5. The van der Waals surface area contributed by atoms with E-state index in [1.54, 1.807) is 26.4 Å². The Morgan fingerprint density at radius 3 is 2.43 bits per heavy atom. The Morgan fingerprint density at radius 1 is 1.03 bits per heavy atom. The molecule has 2 N–H and O–H groups in total. The molecule has 0 aliphatic heterocycles. The van der Waals surface area contributed by atoms with Gasteiger partial charge in [0.15, 0.2) is 11.5 Å². The number of amides is 1. The predicted octanol–water partition coefficient (Wildman–Crippen LogP) is 4.96. The fraction of sp³-hybridized carbons (Fsp3) is 0.136. The van der Waals surface area contributed by atoms with E-state index >= 15 is 0 Å². The second-order valence-corrected chi connectivity index (χ2v) is 7.16. The zero-order valence-corrected chi connectivity index (χ0v) is 18.4. The Labute approximate surface area is 183 Å². The number of ether oxygens (including phenoxy) is 2. The van der Waals surface area contributed by atoms with Gasteiger partial charge in [-0.2, -0.15) is 0 Å². The van der Waals surface area contributed by atoms with Crippen LogP contribution in [0.25, 0.3) is 6.08 Å². The van der Waals surface area contributed by atoms with Gasteiger partial charge >= 0.3 is 0 Å². The zero-order valence-electron chi connectivity index (χ0n) is 16.8. The molecule has 3 aromatic rings. The SMILES string of the molecule is COc1cc(/C=C/C(=O)Nc2ccc(Nc3cc(C)ncn3)cc2)cc(Br)c1OC. The van der Waals surface area contributed by atoms with Gasteiger partial charge in [0, 0.05) is 29.2 Å². The first-order valence-electron chi connectivity index (χ1n) is 9.05. The molecule has 30 heavy (non-hydrogen) atoms. The molecule has 154 valence electrons. The fourth-order valence-corrected chi connectivity index (χ4v) is 3.32. The van der Waals surface area contributed by atoms with Gasteiger partial charge in [0.1, 0.15) is 12.1 Å². The average molecular weight is 469 g/mol. The number of carbonyl (C=O) groups is 1. The molecular weight excluding hydrogens is 448 g/mol. The third-order valence-corrected chi connectivity index (χ3v) is 4.70. The Kier molecular flexibility index (Phi) is 7.03. The molecular formula is C22H21BrN4O3. The van der Waals surface area contributed by atoms with Gasteiger partial charge in [0.25, 0.3) is 0 Å². The highest BCUT2D eigenvalue weighted by Gasteiger charge is 2.09. The Bertz CT molecular complexity index is 1070. The van der Waals surface area contributed by atoms with Gasteiger partial charge in [-0.1, -0.05) is 0 Å². The van der Waals surface area contributed by atoms with Crippen molar-refractivity contribution in [1.29, 1.82) is 0 Å². The van der Waals surface area contributed by atoms with E-state index in [1.165, 1.54) is 12.4 Å². The number of nitrogens with zero attached hydrogens (tertiary/aromatic N) is 2. The highest BCUT2D eigenvalue weighted by atomic mass is 79.9. The van der Waals surface area contributed by atoms with Crippen LogP contribution >= 0.6 is 15.9 Å². The third kappa shape index (κ3) is 5.57. The summed E-state index contributed by atoms with van der Waals surface area (Å²) in [6, 6.07) is 12.9. The molecule has 7 nitrogen and oxygen atoms in total. The summed E-state index contributed by atoms with van der Waals surface area (Å²) in [7, 11) is 3.13. The van der Waals surface area contributed by atoms with E-state index in [0.29, 0.717) is 23.0 Å². The largest absolute Gasteiger partial charge is 0.493 e. The van der Waals surface area contributed by atoms with Crippen molar-refractivity contribution < 1.29 is 14.3 Å². The normalized spacial score (nSPS) is 10.7. The maximum atomic E-state index is 12.3. The van der Waals surface area contributed by atoms with Crippen LogP contribution in [0.2, 0.25) is 0 Å². The number of nitrogens with one attached hydrogen (secondary N) is 2. The molecule has 2 aromatic carbocycles. The summed E-state index contributed by atoms with van der Waals surface area (Å²) >= 11 is 3.44. The maximum absolute atomic E-state index is 12.3. The molecule has 1 amide bonds. The average Bonchev–Trinajstić information content (AvgIpc) is 2.73. The van der Waals surface area contributed by atoms with Gasteiger partial charge in [-0.05, 0) is 70.9 Å². The molecule has 0 fully saturated rings. The van der Waals surface area contributed by atoms with Gasteiger partial charge in [0.05, 0.1) is 18.7 Å². The van der Waals surface area contributed by atoms with Crippen LogP contribution in [0.5, 0.6) is 11.5 Å². The number of hydrogen-bond donors (Lipinski definition) is 2. The number of aryl methyl sites for hydroxylation is 1. The van der Waals surface area contributed by atoms with Crippen LogP contribution in [0.4, 0.5) is 17.2 Å². The smallest absolute Gasteiger partial charge is 0.248 e. The van der Waals surface area contributed by atoms with Gasteiger partial charge in [-0.3, -0.25) is 4.79 Å². The van der Waals surface area contributed by atoms with Crippen molar-refractivity contribution in [3.63, 3.8) is 0 Å². The van der Waals surface area contributed by atoms with E-state index in [-0.39, 0.29) is 5.91 Å². The van der Waals surface area contributed by atoms with Gasteiger partial charge in [-0.25, -0.2) is 9.97 Å². The van der Waals surface area contributed by atoms with Crippen molar-refractivity contribution in [3.05, 3.63) is 70.6 Å². The number of halogens is 1. The monoisotopic (exact) mass is 468 g/mol. The van der Waals surface area contributed by atoms with Gasteiger partial charge in [-0.15, -0.1) is 0 Å². The lowest BCUT2D eigenvalue weighted by molar-refractivity contribution is -0.111. The van der Waals surface area contributed by atoms with Crippen LogP contribution in [-0.4, -0.2) is 30.1 Å². The first-order chi connectivity index (χ1) is 14.5. The summed E-state index contributed by atoms with van der Waals surface area (Å²) < 4.78 is 11.4. The van der Waals surface area contributed by atoms with Crippen molar-refractivity contribution in [2.24, 2.45) is 0 Å². The second kappa shape index (κ2) is 9.89. The molecule has 0 unspecified atom stereocenters. The molecule has 1 aromatic heterocycles. The quantitative estimate of drug-likeness (QED) is 0.476. The van der Waals surface area contributed by atoms with E-state index in [2.05, 4.69) is 36.5 Å². The molecule has 0 saturated heterocycles. The number of aromatic nitrogens is 2. The fourth-order valence-electron chi connectivity index (χ4n) is 2.70. The number of carbonyl (C=O) groups excluding carboxylic acids is 1. The highest BCUT2D eigenvalue weighted by molar-refractivity contribution is 9.10.